The van der Waals surface area contributed by atoms with E-state index in [1.807, 2.05) is 9.80 Å². The van der Waals surface area contributed by atoms with Gasteiger partial charge in [0, 0.05) is 38.4 Å². The highest BCUT2D eigenvalue weighted by Crippen LogP contribution is 2.36. The largest absolute Gasteiger partial charge is 0.382 e. The molecule has 110 valence electrons. The number of carbonyl (C=O) groups excluding carboxylic acids is 1. The highest BCUT2D eigenvalue weighted by atomic mass is 32.2. The van der Waals surface area contributed by atoms with Crippen LogP contribution in [-0.4, -0.2) is 55.5 Å². The Balaban J connectivity index is 1.90. The molecule has 2 N–H and O–H groups in total. The van der Waals surface area contributed by atoms with Crippen LogP contribution in [0.15, 0.2) is 4.90 Å². The lowest BCUT2D eigenvalue weighted by Crippen LogP contribution is -2.51. The first-order valence-electron chi connectivity index (χ1n) is 6.37. The van der Waals surface area contributed by atoms with Gasteiger partial charge in [-0.3, -0.25) is 4.79 Å². The predicted molar refractivity (Wildman–Crippen MR) is 76.6 cm³/mol. The summed E-state index contributed by atoms with van der Waals surface area (Å²) in [4.78, 5) is 15.7. The average molecular weight is 316 g/mol. The van der Waals surface area contributed by atoms with Crippen molar-refractivity contribution in [2.24, 2.45) is 0 Å². The van der Waals surface area contributed by atoms with Crippen molar-refractivity contribution in [1.29, 1.82) is 0 Å². The maximum Gasteiger partial charge on any atom is 0.223 e. The van der Waals surface area contributed by atoms with Crippen molar-refractivity contribution in [2.75, 3.05) is 36.5 Å². The van der Waals surface area contributed by atoms with Crippen molar-refractivity contribution in [2.45, 2.75) is 23.8 Å². The van der Waals surface area contributed by atoms with Crippen molar-refractivity contribution in [1.82, 2.24) is 9.27 Å². The first-order valence-corrected chi connectivity index (χ1v) is 9.04. The fourth-order valence-corrected chi connectivity index (χ4v) is 5.12. The normalized spacial score (nSPS) is 23.2. The molecule has 0 bridgehead atoms. The third-order valence-electron chi connectivity index (χ3n) is 3.81. The Morgan fingerprint density at radius 1 is 1.40 bits per heavy atom. The first-order chi connectivity index (χ1) is 9.38. The number of anilines is 2. The molecule has 9 heteroatoms. The van der Waals surface area contributed by atoms with Crippen LogP contribution in [0.2, 0.25) is 0 Å². The van der Waals surface area contributed by atoms with Gasteiger partial charge in [-0.25, -0.2) is 8.42 Å². The third kappa shape index (κ3) is 2.14. The molecule has 1 aromatic rings. The molecule has 2 aliphatic rings. The highest BCUT2D eigenvalue weighted by molar-refractivity contribution is 7.91. The van der Waals surface area contributed by atoms with Crippen LogP contribution in [0.5, 0.6) is 0 Å². The average Bonchev–Trinajstić information content (AvgIpc) is 2.92. The van der Waals surface area contributed by atoms with Gasteiger partial charge in [0.1, 0.15) is 9.90 Å². The number of fused-ring (bicyclic) bond motifs is 1. The minimum absolute atomic E-state index is 0.0671. The summed E-state index contributed by atoms with van der Waals surface area (Å²) < 4.78 is 27.7. The fourth-order valence-electron chi connectivity index (χ4n) is 2.88. The predicted octanol–water partition coefficient (Wildman–Crippen LogP) is -0.0602. The molecule has 0 aliphatic carbocycles. The van der Waals surface area contributed by atoms with Gasteiger partial charge in [0.2, 0.25) is 5.91 Å². The summed E-state index contributed by atoms with van der Waals surface area (Å²) in [5.74, 6) is 0.263. The van der Waals surface area contributed by atoms with Crippen molar-refractivity contribution >= 4 is 38.1 Å². The molecule has 1 amide bonds. The van der Waals surface area contributed by atoms with Crippen molar-refractivity contribution in [3.05, 3.63) is 0 Å². The Bertz CT molecular complexity index is 655. The van der Waals surface area contributed by atoms with E-state index < -0.39 is 9.84 Å². The molecule has 0 spiro atoms. The minimum Gasteiger partial charge on any atom is -0.382 e. The van der Waals surface area contributed by atoms with Crippen LogP contribution in [-0.2, 0) is 14.6 Å². The van der Waals surface area contributed by atoms with E-state index in [4.69, 9.17) is 5.73 Å². The first kappa shape index (κ1) is 13.6. The van der Waals surface area contributed by atoms with Crippen LogP contribution >= 0.6 is 11.5 Å². The van der Waals surface area contributed by atoms with Gasteiger partial charge in [0.05, 0.1) is 0 Å². The molecule has 0 aromatic carbocycles. The highest BCUT2D eigenvalue weighted by Gasteiger charge is 2.37. The lowest BCUT2D eigenvalue weighted by molar-refractivity contribution is -0.129. The Labute approximate surface area is 121 Å². The number of amides is 1. The summed E-state index contributed by atoms with van der Waals surface area (Å²) in [6, 6.07) is 0.173. The summed E-state index contributed by atoms with van der Waals surface area (Å²) >= 11 is 1.11. The van der Waals surface area contributed by atoms with Gasteiger partial charge in [0.25, 0.3) is 0 Å². The number of hydrogen-bond donors (Lipinski definition) is 1. The van der Waals surface area contributed by atoms with Crippen molar-refractivity contribution < 1.29 is 13.2 Å². The lowest BCUT2D eigenvalue weighted by atomic mass is 10.1. The van der Waals surface area contributed by atoms with Gasteiger partial charge in [-0.15, -0.1) is 0 Å². The Hall–Kier alpha value is -1.35. The molecule has 7 nitrogen and oxygen atoms in total. The van der Waals surface area contributed by atoms with Gasteiger partial charge in [-0.1, -0.05) is 0 Å². The molecule has 0 saturated carbocycles. The number of rotatable bonds is 2. The Kier molecular flexibility index (Phi) is 3.13. The number of nitrogens with two attached hydrogens (primary N) is 1. The molecule has 2 fully saturated rings. The number of piperazine rings is 1. The van der Waals surface area contributed by atoms with E-state index >= 15 is 0 Å². The van der Waals surface area contributed by atoms with E-state index in [-0.39, 0.29) is 22.7 Å². The smallest absolute Gasteiger partial charge is 0.223 e. The van der Waals surface area contributed by atoms with Crippen LogP contribution in [0.3, 0.4) is 0 Å². The molecular formula is C11H16N4O3S2. The second kappa shape index (κ2) is 4.59. The van der Waals surface area contributed by atoms with Crippen LogP contribution in [0.4, 0.5) is 10.8 Å². The standard InChI is InChI=1S/C11H16N4O3S2/c1-20(17,18)9-10(12)13-19-11(9)14-4-5-15-7(6-14)2-3-8(15)16/h7H,2-6H2,1H3,(H2,12,13). The number of sulfone groups is 1. The SMILES string of the molecule is CS(=O)(=O)c1c(N)nsc1N1CCN2C(=O)CCC2C1. The zero-order valence-electron chi connectivity index (χ0n) is 11.1. The van der Waals surface area contributed by atoms with Crippen LogP contribution in [0, 0.1) is 0 Å². The minimum atomic E-state index is -3.40. The third-order valence-corrected chi connectivity index (χ3v) is 6.01. The number of carbonyl (C=O) groups is 1. The van der Waals surface area contributed by atoms with Crippen molar-refractivity contribution in [3.63, 3.8) is 0 Å². The molecule has 3 heterocycles. The van der Waals surface area contributed by atoms with Gasteiger partial charge in [-0.2, -0.15) is 4.37 Å². The summed E-state index contributed by atoms with van der Waals surface area (Å²) in [5.41, 5.74) is 5.69. The lowest BCUT2D eigenvalue weighted by Gasteiger charge is -2.38. The van der Waals surface area contributed by atoms with Gasteiger partial charge in [-0.05, 0) is 18.0 Å². The second-order valence-corrected chi connectivity index (χ2v) is 7.90. The second-order valence-electron chi connectivity index (χ2n) is 5.20. The van der Waals surface area contributed by atoms with Gasteiger partial charge >= 0.3 is 0 Å². The van der Waals surface area contributed by atoms with E-state index in [2.05, 4.69) is 4.37 Å². The molecule has 1 atom stereocenters. The molecule has 2 aliphatic heterocycles. The van der Waals surface area contributed by atoms with E-state index in [1.165, 1.54) is 0 Å². The summed E-state index contributed by atoms with van der Waals surface area (Å²) in [6.07, 6.45) is 2.56. The molecule has 3 rings (SSSR count). The van der Waals surface area contributed by atoms with E-state index in [9.17, 15) is 13.2 Å². The molecule has 1 aromatic heterocycles. The van der Waals surface area contributed by atoms with E-state index in [1.54, 1.807) is 0 Å². The summed E-state index contributed by atoms with van der Waals surface area (Å²) in [6.45, 7) is 1.90. The van der Waals surface area contributed by atoms with Crippen LogP contribution in [0.25, 0.3) is 0 Å². The quantitative estimate of drug-likeness (QED) is 0.821. The summed E-state index contributed by atoms with van der Waals surface area (Å²) in [5, 5.41) is 0.601. The maximum atomic E-state index is 11.9. The van der Waals surface area contributed by atoms with E-state index in [0.29, 0.717) is 31.1 Å². The summed E-state index contributed by atoms with van der Waals surface area (Å²) in [7, 11) is -3.40. The number of aromatic nitrogens is 1. The van der Waals surface area contributed by atoms with Gasteiger partial charge in [0.15, 0.2) is 15.7 Å². The molecule has 0 radical (unpaired) electrons. The number of nitrogens with zero attached hydrogens (tertiary/aromatic N) is 3. The maximum absolute atomic E-state index is 11.9. The topological polar surface area (TPSA) is 96.6 Å². The van der Waals surface area contributed by atoms with Crippen LogP contribution < -0.4 is 10.6 Å². The molecular weight excluding hydrogens is 300 g/mol. The molecule has 1 unspecified atom stereocenters. The van der Waals surface area contributed by atoms with E-state index in [0.717, 1.165) is 24.2 Å². The zero-order chi connectivity index (χ0) is 14.5. The Morgan fingerprint density at radius 2 is 2.15 bits per heavy atom. The molecule has 20 heavy (non-hydrogen) atoms. The monoisotopic (exact) mass is 316 g/mol. The number of hydrogen-bond acceptors (Lipinski definition) is 7. The van der Waals surface area contributed by atoms with Crippen LogP contribution in [0.1, 0.15) is 12.8 Å². The Morgan fingerprint density at radius 3 is 2.85 bits per heavy atom. The van der Waals surface area contributed by atoms with Crippen molar-refractivity contribution in [3.8, 4) is 0 Å². The number of nitrogen functional groups attached to an aromatic ring is 1. The zero-order valence-corrected chi connectivity index (χ0v) is 12.7. The fraction of sp³-hybridized carbons (Fsp3) is 0.636. The molecule has 2 saturated heterocycles. The van der Waals surface area contributed by atoms with Gasteiger partial charge < -0.3 is 15.5 Å².